The van der Waals surface area contributed by atoms with Gasteiger partial charge in [-0.1, -0.05) is 33.6 Å². The van der Waals surface area contributed by atoms with Gasteiger partial charge in [-0.3, -0.25) is 4.90 Å². The molecule has 2 fully saturated rings. The minimum Gasteiger partial charge on any atom is -0.376 e. The van der Waals surface area contributed by atoms with Crippen molar-refractivity contribution in [1.29, 1.82) is 0 Å². The van der Waals surface area contributed by atoms with Crippen molar-refractivity contribution >= 4 is 0 Å². The molecule has 3 nitrogen and oxygen atoms in total. The Bertz CT molecular complexity index is 282. The Hall–Kier alpha value is -0.120. The van der Waals surface area contributed by atoms with Crippen LogP contribution < -0.4 is 5.73 Å². The van der Waals surface area contributed by atoms with E-state index in [0.717, 1.165) is 44.5 Å². The second-order valence-electron chi connectivity index (χ2n) is 6.88. The van der Waals surface area contributed by atoms with E-state index >= 15 is 0 Å². The van der Waals surface area contributed by atoms with E-state index < -0.39 is 0 Å². The highest BCUT2D eigenvalue weighted by atomic mass is 16.5. The predicted molar refractivity (Wildman–Crippen MR) is 80.2 cm³/mol. The molecule has 0 aromatic rings. The fraction of sp³-hybridized carbons (Fsp3) is 1.00. The molecule has 0 radical (unpaired) electrons. The van der Waals surface area contributed by atoms with Crippen molar-refractivity contribution in [3.63, 3.8) is 0 Å². The molecule has 2 aliphatic rings. The average molecular weight is 268 g/mol. The highest BCUT2D eigenvalue weighted by Crippen LogP contribution is 2.40. The Labute approximate surface area is 118 Å². The molecule has 2 N–H and O–H groups in total. The summed E-state index contributed by atoms with van der Waals surface area (Å²) in [6.07, 6.45) is 6.83. The largest absolute Gasteiger partial charge is 0.376 e. The molecule has 3 heteroatoms. The third-order valence-electron chi connectivity index (χ3n) is 5.45. The van der Waals surface area contributed by atoms with Crippen molar-refractivity contribution < 1.29 is 4.74 Å². The van der Waals surface area contributed by atoms with E-state index in [1.807, 2.05) is 0 Å². The summed E-state index contributed by atoms with van der Waals surface area (Å²) in [4.78, 5) is 2.67. The monoisotopic (exact) mass is 268 g/mol. The number of rotatable bonds is 4. The summed E-state index contributed by atoms with van der Waals surface area (Å²) in [5.74, 6) is 1.63. The van der Waals surface area contributed by atoms with E-state index in [9.17, 15) is 0 Å². The highest BCUT2D eigenvalue weighted by Gasteiger charge is 2.42. The van der Waals surface area contributed by atoms with Gasteiger partial charge in [-0.05, 0) is 31.1 Å². The van der Waals surface area contributed by atoms with Gasteiger partial charge < -0.3 is 10.5 Å². The first-order chi connectivity index (χ1) is 9.11. The molecule has 2 rings (SSSR count). The predicted octanol–water partition coefficient (Wildman–Crippen LogP) is 2.64. The summed E-state index contributed by atoms with van der Waals surface area (Å²) in [6.45, 7) is 10.8. The number of morpholine rings is 1. The van der Waals surface area contributed by atoms with Gasteiger partial charge in [0.25, 0.3) is 0 Å². The maximum atomic E-state index is 6.24. The van der Waals surface area contributed by atoms with E-state index in [4.69, 9.17) is 10.5 Å². The summed E-state index contributed by atoms with van der Waals surface area (Å²) in [5.41, 5.74) is 6.49. The Balaban J connectivity index is 2.08. The Kier molecular flexibility index (Phi) is 5.27. The topological polar surface area (TPSA) is 38.5 Å². The first kappa shape index (κ1) is 15.3. The van der Waals surface area contributed by atoms with Gasteiger partial charge >= 0.3 is 0 Å². The van der Waals surface area contributed by atoms with Gasteiger partial charge in [0.2, 0.25) is 0 Å². The molecule has 0 spiro atoms. The Morgan fingerprint density at radius 2 is 2.21 bits per heavy atom. The van der Waals surface area contributed by atoms with Gasteiger partial charge in [-0.25, -0.2) is 0 Å². The van der Waals surface area contributed by atoms with Crippen molar-refractivity contribution in [3.05, 3.63) is 0 Å². The lowest BCUT2D eigenvalue weighted by Crippen LogP contribution is -2.61. The molecule has 19 heavy (non-hydrogen) atoms. The second-order valence-corrected chi connectivity index (χ2v) is 6.88. The van der Waals surface area contributed by atoms with Gasteiger partial charge in [0, 0.05) is 25.2 Å². The minimum atomic E-state index is 0.254. The zero-order chi connectivity index (χ0) is 13.9. The second kappa shape index (κ2) is 6.55. The van der Waals surface area contributed by atoms with Crippen LogP contribution in [0.15, 0.2) is 0 Å². The van der Waals surface area contributed by atoms with Crippen molar-refractivity contribution in [1.82, 2.24) is 4.90 Å². The van der Waals surface area contributed by atoms with Crippen LogP contribution in [-0.4, -0.2) is 42.8 Å². The fourth-order valence-electron chi connectivity index (χ4n) is 3.95. The average Bonchev–Trinajstić information content (AvgIpc) is 2.47. The summed E-state index contributed by atoms with van der Waals surface area (Å²) in [7, 11) is 0. The smallest absolute Gasteiger partial charge is 0.0700 e. The number of hydrogen-bond acceptors (Lipinski definition) is 3. The van der Waals surface area contributed by atoms with Crippen LogP contribution in [0.5, 0.6) is 0 Å². The molecular formula is C16H32N2O. The summed E-state index contributed by atoms with van der Waals surface area (Å²) in [5, 5.41) is 0. The van der Waals surface area contributed by atoms with E-state index in [-0.39, 0.29) is 5.54 Å². The summed E-state index contributed by atoms with van der Waals surface area (Å²) in [6, 6.07) is 0. The van der Waals surface area contributed by atoms with Crippen LogP contribution in [0, 0.1) is 11.8 Å². The molecule has 1 heterocycles. The number of ether oxygens (including phenoxy) is 1. The van der Waals surface area contributed by atoms with Crippen molar-refractivity contribution in [3.8, 4) is 0 Å². The normalized spacial score (nSPS) is 37.7. The first-order valence-electron chi connectivity index (χ1n) is 8.18. The number of nitrogens with zero attached hydrogens (tertiary/aromatic N) is 1. The number of nitrogens with two attached hydrogens (primary N) is 1. The third kappa shape index (κ3) is 3.32. The fourth-order valence-corrected chi connectivity index (χ4v) is 3.95. The first-order valence-corrected chi connectivity index (χ1v) is 8.18. The van der Waals surface area contributed by atoms with E-state index in [2.05, 4.69) is 25.7 Å². The molecule has 1 aliphatic carbocycles. The molecule has 0 aromatic heterocycles. The Morgan fingerprint density at radius 1 is 1.42 bits per heavy atom. The Morgan fingerprint density at radius 3 is 2.84 bits per heavy atom. The summed E-state index contributed by atoms with van der Waals surface area (Å²) < 4.78 is 5.83. The highest BCUT2D eigenvalue weighted by molar-refractivity contribution is 4.98. The SMILES string of the molecule is CCC1CN(C2(CN)CCCC(C(C)C)C2)CCO1. The molecule has 0 aromatic carbocycles. The molecule has 1 aliphatic heterocycles. The van der Waals surface area contributed by atoms with Crippen molar-refractivity contribution in [2.24, 2.45) is 17.6 Å². The molecule has 3 atom stereocenters. The molecule has 1 saturated carbocycles. The zero-order valence-electron chi connectivity index (χ0n) is 13.0. The minimum absolute atomic E-state index is 0.254. The van der Waals surface area contributed by atoms with Gasteiger partial charge in [0.15, 0.2) is 0 Å². The molecule has 1 saturated heterocycles. The lowest BCUT2D eigenvalue weighted by Gasteiger charge is -2.51. The lowest BCUT2D eigenvalue weighted by molar-refractivity contribution is -0.0854. The summed E-state index contributed by atoms with van der Waals surface area (Å²) >= 11 is 0. The van der Waals surface area contributed by atoms with Gasteiger partial charge in [-0.2, -0.15) is 0 Å². The third-order valence-corrected chi connectivity index (χ3v) is 5.45. The van der Waals surface area contributed by atoms with Crippen LogP contribution in [0.2, 0.25) is 0 Å². The van der Waals surface area contributed by atoms with E-state index in [0.29, 0.717) is 6.10 Å². The lowest BCUT2D eigenvalue weighted by atomic mass is 9.70. The quantitative estimate of drug-likeness (QED) is 0.852. The van der Waals surface area contributed by atoms with Crippen molar-refractivity contribution in [2.75, 3.05) is 26.2 Å². The van der Waals surface area contributed by atoms with Crippen LogP contribution in [0.4, 0.5) is 0 Å². The maximum absolute atomic E-state index is 6.24. The van der Waals surface area contributed by atoms with Crippen molar-refractivity contribution in [2.45, 2.75) is 64.5 Å². The van der Waals surface area contributed by atoms with Gasteiger partial charge in [-0.15, -0.1) is 0 Å². The van der Waals surface area contributed by atoms with Crippen LogP contribution in [0.1, 0.15) is 52.9 Å². The van der Waals surface area contributed by atoms with Crippen LogP contribution in [-0.2, 0) is 4.74 Å². The van der Waals surface area contributed by atoms with Crippen LogP contribution in [0.25, 0.3) is 0 Å². The molecule has 112 valence electrons. The zero-order valence-corrected chi connectivity index (χ0v) is 13.0. The van der Waals surface area contributed by atoms with Crippen LogP contribution >= 0.6 is 0 Å². The van der Waals surface area contributed by atoms with Gasteiger partial charge in [0.1, 0.15) is 0 Å². The molecular weight excluding hydrogens is 236 g/mol. The van der Waals surface area contributed by atoms with E-state index in [1.54, 1.807) is 0 Å². The van der Waals surface area contributed by atoms with E-state index in [1.165, 1.54) is 25.7 Å². The molecule has 0 amide bonds. The molecule has 0 bridgehead atoms. The van der Waals surface area contributed by atoms with Gasteiger partial charge in [0.05, 0.1) is 12.7 Å². The molecule has 3 unspecified atom stereocenters. The standard InChI is InChI=1S/C16H32N2O/c1-4-15-11-18(8-9-19-15)16(12-17)7-5-6-14(10-16)13(2)3/h13-15H,4-12,17H2,1-3H3. The maximum Gasteiger partial charge on any atom is 0.0700 e. The number of hydrogen-bond donors (Lipinski definition) is 1. The van der Waals surface area contributed by atoms with Crippen LogP contribution in [0.3, 0.4) is 0 Å².